The molecule has 0 radical (unpaired) electrons. The lowest BCUT2D eigenvalue weighted by atomic mass is 10.2. The molecule has 1 aliphatic rings. The SMILES string of the molecule is CNCCCCCN1c2ccccc2N(c2ccc(F)cc2Cl)S1(=O)=O. The van der Waals surface area contributed by atoms with Gasteiger partial charge < -0.3 is 5.32 Å². The van der Waals surface area contributed by atoms with Gasteiger partial charge in [-0.05, 0) is 56.8 Å². The Kier molecular flexibility index (Phi) is 5.70. The van der Waals surface area contributed by atoms with Gasteiger partial charge in [0.1, 0.15) is 5.82 Å². The van der Waals surface area contributed by atoms with E-state index in [0.29, 0.717) is 17.9 Å². The van der Waals surface area contributed by atoms with Gasteiger partial charge in [0, 0.05) is 6.54 Å². The molecule has 0 saturated heterocycles. The lowest BCUT2D eigenvalue weighted by molar-refractivity contribution is 0.588. The molecular formula is C18H21ClFN3O2S. The van der Waals surface area contributed by atoms with Crippen LogP contribution in [0.2, 0.25) is 5.02 Å². The molecule has 26 heavy (non-hydrogen) atoms. The number of rotatable bonds is 7. The first kappa shape index (κ1) is 18.9. The molecule has 1 N–H and O–H groups in total. The number of fused-ring (bicyclic) bond motifs is 1. The van der Waals surface area contributed by atoms with Gasteiger partial charge in [0.25, 0.3) is 0 Å². The summed E-state index contributed by atoms with van der Waals surface area (Å²) in [5.41, 5.74) is 1.39. The fourth-order valence-corrected chi connectivity index (χ4v) is 5.14. The van der Waals surface area contributed by atoms with Gasteiger partial charge in [-0.1, -0.05) is 30.2 Å². The summed E-state index contributed by atoms with van der Waals surface area (Å²) in [5.74, 6) is -0.509. The molecule has 1 aliphatic heterocycles. The van der Waals surface area contributed by atoms with Crippen molar-refractivity contribution in [3.05, 3.63) is 53.3 Å². The lowest BCUT2D eigenvalue weighted by Crippen LogP contribution is -2.36. The Morgan fingerprint density at radius 3 is 2.46 bits per heavy atom. The summed E-state index contributed by atoms with van der Waals surface area (Å²) in [5, 5.41) is 3.14. The molecule has 0 aromatic heterocycles. The van der Waals surface area contributed by atoms with Crippen LogP contribution >= 0.6 is 11.6 Å². The molecule has 2 aromatic carbocycles. The number of anilines is 3. The number of para-hydroxylation sites is 2. The average molecular weight is 398 g/mol. The number of nitrogens with one attached hydrogen (secondary N) is 1. The number of nitrogens with zero attached hydrogens (tertiary/aromatic N) is 2. The van der Waals surface area contributed by atoms with Gasteiger partial charge in [0.2, 0.25) is 0 Å². The number of hydrogen-bond acceptors (Lipinski definition) is 3. The Hall–Kier alpha value is -1.83. The highest BCUT2D eigenvalue weighted by Crippen LogP contribution is 2.47. The molecule has 8 heteroatoms. The zero-order chi connectivity index (χ0) is 18.7. The zero-order valence-electron chi connectivity index (χ0n) is 14.5. The van der Waals surface area contributed by atoms with Crippen LogP contribution in [0, 0.1) is 5.82 Å². The molecule has 0 atom stereocenters. The molecular weight excluding hydrogens is 377 g/mol. The van der Waals surface area contributed by atoms with E-state index in [-0.39, 0.29) is 10.7 Å². The van der Waals surface area contributed by atoms with E-state index in [0.717, 1.165) is 31.9 Å². The molecule has 0 saturated carbocycles. The predicted molar refractivity (Wildman–Crippen MR) is 104 cm³/mol. The van der Waals surface area contributed by atoms with E-state index in [1.54, 1.807) is 24.3 Å². The van der Waals surface area contributed by atoms with E-state index in [1.165, 1.54) is 20.7 Å². The van der Waals surface area contributed by atoms with Crippen molar-refractivity contribution >= 4 is 38.9 Å². The summed E-state index contributed by atoms with van der Waals surface area (Å²) in [4.78, 5) is 0. The van der Waals surface area contributed by atoms with Crippen LogP contribution < -0.4 is 13.9 Å². The van der Waals surface area contributed by atoms with Crippen molar-refractivity contribution < 1.29 is 12.8 Å². The Bertz CT molecular complexity index is 892. The number of halogens is 2. The maximum Gasteiger partial charge on any atom is 0.331 e. The fourth-order valence-electron chi connectivity index (χ4n) is 3.06. The number of hydrogen-bond donors (Lipinski definition) is 1. The summed E-state index contributed by atoms with van der Waals surface area (Å²) in [6, 6.07) is 10.8. The van der Waals surface area contributed by atoms with Gasteiger partial charge in [-0.15, -0.1) is 0 Å². The molecule has 0 unspecified atom stereocenters. The van der Waals surface area contributed by atoms with E-state index in [9.17, 15) is 12.8 Å². The standard InChI is InChI=1S/C18H21ClFN3O2S/c1-21-11-5-2-6-12-22-17-7-3-4-8-18(17)23(26(22,24)25)16-10-9-14(20)13-15(16)19/h3-4,7-10,13,21H,2,5-6,11-12H2,1H3. The molecule has 3 rings (SSSR count). The highest BCUT2D eigenvalue weighted by molar-refractivity contribution is 7.95. The van der Waals surface area contributed by atoms with Gasteiger partial charge in [0.15, 0.2) is 0 Å². The summed E-state index contributed by atoms with van der Waals surface area (Å²) < 4.78 is 42.4. The summed E-state index contributed by atoms with van der Waals surface area (Å²) in [6.45, 7) is 1.29. The van der Waals surface area contributed by atoms with E-state index in [2.05, 4.69) is 5.32 Å². The van der Waals surface area contributed by atoms with Gasteiger partial charge in [-0.25, -0.2) is 8.70 Å². The van der Waals surface area contributed by atoms with Crippen molar-refractivity contribution in [1.82, 2.24) is 5.32 Å². The molecule has 0 aliphatic carbocycles. The van der Waals surface area contributed by atoms with Crippen molar-refractivity contribution in [3.8, 4) is 0 Å². The first-order chi connectivity index (χ1) is 12.5. The Morgan fingerprint density at radius 1 is 1.04 bits per heavy atom. The van der Waals surface area contributed by atoms with Crippen LogP contribution in [0.5, 0.6) is 0 Å². The molecule has 5 nitrogen and oxygen atoms in total. The van der Waals surface area contributed by atoms with Crippen molar-refractivity contribution in [3.63, 3.8) is 0 Å². The molecule has 0 amide bonds. The van der Waals surface area contributed by atoms with Crippen molar-refractivity contribution in [2.24, 2.45) is 0 Å². The third kappa shape index (κ3) is 3.51. The maximum atomic E-state index is 13.4. The average Bonchev–Trinajstić information content (AvgIpc) is 2.82. The highest BCUT2D eigenvalue weighted by Gasteiger charge is 2.41. The predicted octanol–water partition coefficient (Wildman–Crippen LogP) is 4.07. The molecule has 140 valence electrons. The smallest absolute Gasteiger partial charge is 0.320 e. The second-order valence-electron chi connectivity index (χ2n) is 6.09. The minimum absolute atomic E-state index is 0.0549. The fraction of sp³-hybridized carbons (Fsp3) is 0.333. The molecule has 1 heterocycles. The second kappa shape index (κ2) is 7.82. The maximum absolute atomic E-state index is 13.4. The minimum atomic E-state index is -3.82. The Morgan fingerprint density at radius 2 is 1.77 bits per heavy atom. The van der Waals surface area contributed by atoms with E-state index < -0.39 is 16.0 Å². The normalized spacial score (nSPS) is 15.3. The van der Waals surface area contributed by atoms with Crippen LogP contribution in [-0.4, -0.2) is 28.6 Å². The number of benzene rings is 2. The molecule has 0 bridgehead atoms. The zero-order valence-corrected chi connectivity index (χ0v) is 16.0. The van der Waals surface area contributed by atoms with Gasteiger partial charge in [0.05, 0.1) is 22.1 Å². The van der Waals surface area contributed by atoms with Crippen LogP contribution in [0.25, 0.3) is 0 Å². The van der Waals surface area contributed by atoms with Crippen LogP contribution in [0.1, 0.15) is 19.3 Å². The first-order valence-electron chi connectivity index (χ1n) is 8.48. The van der Waals surface area contributed by atoms with E-state index in [4.69, 9.17) is 11.6 Å². The van der Waals surface area contributed by atoms with E-state index in [1.807, 2.05) is 7.05 Å². The van der Waals surface area contributed by atoms with Crippen molar-refractivity contribution in [2.75, 3.05) is 28.7 Å². The molecule has 2 aromatic rings. The van der Waals surface area contributed by atoms with Crippen LogP contribution in [0.3, 0.4) is 0 Å². The second-order valence-corrected chi connectivity index (χ2v) is 8.20. The highest BCUT2D eigenvalue weighted by atomic mass is 35.5. The molecule has 0 fully saturated rings. The monoisotopic (exact) mass is 397 g/mol. The van der Waals surface area contributed by atoms with Gasteiger partial charge in [-0.3, -0.25) is 4.31 Å². The third-order valence-electron chi connectivity index (χ3n) is 4.29. The molecule has 0 spiro atoms. The summed E-state index contributed by atoms with van der Waals surface area (Å²) in [6.07, 6.45) is 2.66. The van der Waals surface area contributed by atoms with Crippen molar-refractivity contribution in [2.45, 2.75) is 19.3 Å². The quantitative estimate of drug-likeness (QED) is 0.716. The summed E-state index contributed by atoms with van der Waals surface area (Å²) >= 11 is 6.14. The first-order valence-corrected chi connectivity index (χ1v) is 10.3. The van der Waals surface area contributed by atoms with Crippen molar-refractivity contribution in [1.29, 1.82) is 0 Å². The number of unbranched alkanes of at least 4 members (excludes halogenated alkanes) is 2. The van der Waals surface area contributed by atoms with E-state index >= 15 is 0 Å². The van der Waals surface area contributed by atoms with Crippen LogP contribution in [0.15, 0.2) is 42.5 Å². The summed E-state index contributed by atoms with van der Waals surface area (Å²) in [7, 11) is -1.93. The minimum Gasteiger partial charge on any atom is -0.320 e. The largest absolute Gasteiger partial charge is 0.331 e. The topological polar surface area (TPSA) is 52.6 Å². The van der Waals surface area contributed by atoms with Crippen LogP contribution in [0.4, 0.5) is 21.5 Å². The van der Waals surface area contributed by atoms with Gasteiger partial charge in [-0.2, -0.15) is 8.42 Å². The third-order valence-corrected chi connectivity index (χ3v) is 6.39. The van der Waals surface area contributed by atoms with Gasteiger partial charge >= 0.3 is 10.2 Å². The Balaban J connectivity index is 1.94. The Labute approximate surface area is 158 Å². The van der Waals surface area contributed by atoms with Crippen LogP contribution in [-0.2, 0) is 10.2 Å². The lowest BCUT2D eigenvalue weighted by Gasteiger charge is -2.22.